The van der Waals surface area contributed by atoms with Gasteiger partial charge in [0.2, 0.25) is 5.82 Å². The van der Waals surface area contributed by atoms with Crippen LogP contribution in [0.25, 0.3) is 10.9 Å². The lowest BCUT2D eigenvalue weighted by Gasteiger charge is -1.97. The number of hydrogen-bond donors (Lipinski definition) is 1. The molecule has 2 rings (SSSR count). The first-order valence-electron chi connectivity index (χ1n) is 3.91. The van der Waals surface area contributed by atoms with Gasteiger partial charge in [0.05, 0.1) is 16.6 Å². The summed E-state index contributed by atoms with van der Waals surface area (Å²) in [6, 6.07) is 2.03. The standard InChI is InChI=1S/C8H4FN3O3/c9-5-2-1-4-6(7(5)12(14)15)10-3-11-8(4)13/h1-3H,(H,10,11,13). The molecule has 0 saturated carbocycles. The van der Waals surface area contributed by atoms with Gasteiger partial charge in [0.25, 0.3) is 5.56 Å². The Morgan fingerprint density at radius 3 is 2.87 bits per heavy atom. The first kappa shape index (κ1) is 9.25. The lowest BCUT2D eigenvalue weighted by molar-refractivity contribution is -0.385. The minimum Gasteiger partial charge on any atom is -0.313 e. The van der Waals surface area contributed by atoms with Crippen molar-refractivity contribution in [2.75, 3.05) is 0 Å². The highest BCUT2D eigenvalue weighted by Gasteiger charge is 2.20. The lowest BCUT2D eigenvalue weighted by atomic mass is 10.2. The smallest absolute Gasteiger partial charge is 0.313 e. The molecular formula is C8H4FN3O3. The molecule has 1 aromatic carbocycles. The molecular weight excluding hydrogens is 205 g/mol. The van der Waals surface area contributed by atoms with Crippen LogP contribution in [0, 0.1) is 15.9 Å². The highest BCUT2D eigenvalue weighted by Crippen LogP contribution is 2.24. The van der Waals surface area contributed by atoms with Crippen LogP contribution in [0.3, 0.4) is 0 Å². The fourth-order valence-electron chi connectivity index (χ4n) is 1.28. The molecule has 0 bridgehead atoms. The zero-order valence-electron chi connectivity index (χ0n) is 7.23. The quantitative estimate of drug-likeness (QED) is 0.559. The number of hydrogen-bond acceptors (Lipinski definition) is 4. The lowest BCUT2D eigenvalue weighted by Crippen LogP contribution is -2.08. The Balaban J connectivity index is 3.01. The van der Waals surface area contributed by atoms with E-state index in [1.165, 1.54) is 0 Å². The average Bonchev–Trinajstić information content (AvgIpc) is 2.17. The predicted octanol–water partition coefficient (Wildman–Crippen LogP) is 0.970. The van der Waals surface area contributed by atoms with Gasteiger partial charge in [0.15, 0.2) is 5.52 Å². The van der Waals surface area contributed by atoms with Gasteiger partial charge in [0.1, 0.15) is 0 Å². The second-order valence-electron chi connectivity index (χ2n) is 2.78. The van der Waals surface area contributed by atoms with Crippen LogP contribution >= 0.6 is 0 Å². The summed E-state index contributed by atoms with van der Waals surface area (Å²) < 4.78 is 13.1. The minimum atomic E-state index is -1.01. The Labute approximate surface area is 81.5 Å². The molecule has 0 aliphatic rings. The predicted molar refractivity (Wildman–Crippen MR) is 49.0 cm³/mol. The monoisotopic (exact) mass is 209 g/mol. The molecule has 1 aromatic heterocycles. The maximum absolute atomic E-state index is 13.1. The SMILES string of the molecule is O=c1[nH]cnc2c([N+](=O)[O-])c(F)ccc12. The minimum absolute atomic E-state index is 0.00870. The highest BCUT2D eigenvalue weighted by atomic mass is 19.1. The van der Waals surface area contributed by atoms with Gasteiger partial charge in [-0.3, -0.25) is 14.9 Å². The van der Waals surface area contributed by atoms with Crippen molar-refractivity contribution in [3.8, 4) is 0 Å². The molecule has 7 heteroatoms. The summed E-state index contributed by atoms with van der Waals surface area (Å²) in [5, 5.41) is 10.6. The average molecular weight is 209 g/mol. The van der Waals surface area contributed by atoms with E-state index in [-0.39, 0.29) is 10.9 Å². The van der Waals surface area contributed by atoms with E-state index in [2.05, 4.69) is 9.97 Å². The van der Waals surface area contributed by atoms with Gasteiger partial charge >= 0.3 is 5.69 Å². The van der Waals surface area contributed by atoms with Gasteiger partial charge in [-0.25, -0.2) is 4.98 Å². The number of benzene rings is 1. The number of aromatic amines is 1. The van der Waals surface area contributed by atoms with Crippen LogP contribution in [0.5, 0.6) is 0 Å². The molecule has 0 aliphatic carbocycles. The normalized spacial score (nSPS) is 10.5. The highest BCUT2D eigenvalue weighted by molar-refractivity contribution is 5.86. The van der Waals surface area contributed by atoms with Crippen molar-refractivity contribution in [2.24, 2.45) is 0 Å². The van der Waals surface area contributed by atoms with Crippen molar-refractivity contribution in [2.45, 2.75) is 0 Å². The van der Waals surface area contributed by atoms with Gasteiger partial charge in [0, 0.05) is 0 Å². The molecule has 0 atom stereocenters. The van der Waals surface area contributed by atoms with Crippen molar-refractivity contribution >= 4 is 16.6 Å². The Bertz CT molecular complexity index is 608. The second kappa shape index (κ2) is 3.12. The van der Waals surface area contributed by atoms with E-state index in [9.17, 15) is 19.3 Å². The van der Waals surface area contributed by atoms with E-state index < -0.39 is 22.0 Å². The Kier molecular flexibility index (Phi) is 1.93. The van der Waals surface area contributed by atoms with E-state index >= 15 is 0 Å². The zero-order chi connectivity index (χ0) is 11.0. The van der Waals surface area contributed by atoms with Crippen LogP contribution in [0.4, 0.5) is 10.1 Å². The topological polar surface area (TPSA) is 88.9 Å². The van der Waals surface area contributed by atoms with Crippen molar-refractivity contribution < 1.29 is 9.31 Å². The summed E-state index contributed by atoms with van der Waals surface area (Å²) in [7, 11) is 0. The number of nitro benzene ring substituents is 1. The molecule has 0 spiro atoms. The Morgan fingerprint density at radius 1 is 1.47 bits per heavy atom. The third-order valence-electron chi connectivity index (χ3n) is 1.92. The Morgan fingerprint density at radius 2 is 2.20 bits per heavy atom. The summed E-state index contributed by atoms with van der Waals surface area (Å²) in [6.07, 6.45) is 0.997. The van der Waals surface area contributed by atoms with E-state index in [1.807, 2.05) is 0 Å². The summed E-state index contributed by atoms with van der Waals surface area (Å²) in [6.45, 7) is 0. The van der Waals surface area contributed by atoms with Crippen LogP contribution in [-0.2, 0) is 0 Å². The number of nitro groups is 1. The van der Waals surface area contributed by atoms with Crippen LogP contribution in [0.1, 0.15) is 0 Å². The Hall–Kier alpha value is -2.31. The third kappa shape index (κ3) is 1.33. The van der Waals surface area contributed by atoms with Crippen LogP contribution in [0.15, 0.2) is 23.3 Å². The molecule has 0 fully saturated rings. The first-order valence-corrected chi connectivity index (χ1v) is 3.91. The zero-order valence-corrected chi connectivity index (χ0v) is 7.23. The second-order valence-corrected chi connectivity index (χ2v) is 2.78. The van der Waals surface area contributed by atoms with Gasteiger partial charge < -0.3 is 4.98 Å². The van der Waals surface area contributed by atoms with E-state index in [0.29, 0.717) is 0 Å². The molecule has 0 saturated heterocycles. The molecule has 2 aromatic rings. The molecule has 76 valence electrons. The van der Waals surface area contributed by atoms with Crippen molar-refractivity contribution in [1.29, 1.82) is 0 Å². The number of rotatable bonds is 1. The largest absolute Gasteiger partial charge is 0.331 e. The third-order valence-corrected chi connectivity index (χ3v) is 1.92. The van der Waals surface area contributed by atoms with Crippen molar-refractivity contribution in [1.82, 2.24) is 9.97 Å². The number of fused-ring (bicyclic) bond motifs is 1. The summed E-state index contributed by atoms with van der Waals surface area (Å²) in [4.78, 5) is 26.7. The number of halogens is 1. The summed E-state index contributed by atoms with van der Waals surface area (Å²) in [5.74, 6) is -1.01. The molecule has 1 heterocycles. The van der Waals surface area contributed by atoms with Crippen molar-refractivity contribution in [3.05, 3.63) is 44.7 Å². The maximum Gasteiger partial charge on any atom is 0.331 e. The van der Waals surface area contributed by atoms with Gasteiger partial charge in [-0.05, 0) is 12.1 Å². The maximum atomic E-state index is 13.1. The molecule has 0 amide bonds. The van der Waals surface area contributed by atoms with E-state index in [0.717, 1.165) is 18.5 Å². The van der Waals surface area contributed by atoms with Crippen LogP contribution in [-0.4, -0.2) is 14.9 Å². The number of nitrogens with one attached hydrogen (secondary N) is 1. The molecule has 0 radical (unpaired) electrons. The fourth-order valence-corrected chi connectivity index (χ4v) is 1.28. The molecule has 1 N–H and O–H groups in total. The molecule has 0 aliphatic heterocycles. The number of nitrogens with zero attached hydrogens (tertiary/aromatic N) is 2. The van der Waals surface area contributed by atoms with Crippen LogP contribution < -0.4 is 5.56 Å². The van der Waals surface area contributed by atoms with E-state index in [1.54, 1.807) is 0 Å². The number of H-pyrrole nitrogens is 1. The van der Waals surface area contributed by atoms with Gasteiger partial charge in [-0.1, -0.05) is 0 Å². The summed E-state index contributed by atoms with van der Waals surface area (Å²) in [5.41, 5.74) is -1.56. The fraction of sp³-hybridized carbons (Fsp3) is 0. The van der Waals surface area contributed by atoms with Gasteiger partial charge in [-0.15, -0.1) is 0 Å². The molecule has 0 unspecified atom stereocenters. The molecule has 6 nitrogen and oxygen atoms in total. The summed E-state index contributed by atoms with van der Waals surface area (Å²) >= 11 is 0. The number of aromatic nitrogens is 2. The first-order chi connectivity index (χ1) is 7.11. The van der Waals surface area contributed by atoms with Gasteiger partial charge in [-0.2, -0.15) is 4.39 Å². The van der Waals surface area contributed by atoms with Crippen LogP contribution in [0.2, 0.25) is 0 Å². The molecule has 15 heavy (non-hydrogen) atoms. The van der Waals surface area contributed by atoms with E-state index in [4.69, 9.17) is 0 Å². The van der Waals surface area contributed by atoms with Crippen molar-refractivity contribution in [3.63, 3.8) is 0 Å².